The highest BCUT2D eigenvalue weighted by atomic mass is 16.4. The summed E-state index contributed by atoms with van der Waals surface area (Å²) in [7, 11) is 2.10. The molecule has 1 aromatic rings. The molecule has 1 saturated heterocycles. The van der Waals surface area contributed by atoms with E-state index in [4.69, 9.17) is 9.52 Å². The molecule has 1 N–H and O–H groups in total. The van der Waals surface area contributed by atoms with E-state index in [1.54, 1.807) is 6.07 Å². The van der Waals surface area contributed by atoms with Crippen LogP contribution < -0.4 is 0 Å². The third kappa shape index (κ3) is 2.21. The molecule has 0 bridgehead atoms. The minimum atomic E-state index is -0.992. The van der Waals surface area contributed by atoms with E-state index in [1.165, 1.54) is 6.07 Å². The van der Waals surface area contributed by atoms with Gasteiger partial charge in [-0.25, -0.2) is 4.79 Å². The first-order valence-electron chi connectivity index (χ1n) is 5.18. The number of hydrogen-bond acceptors (Lipinski definition) is 3. The molecule has 0 radical (unpaired) electrons. The molecule has 15 heavy (non-hydrogen) atoms. The molecule has 0 spiro atoms. The van der Waals surface area contributed by atoms with Crippen molar-refractivity contribution < 1.29 is 14.3 Å². The maximum atomic E-state index is 10.6. The molecule has 0 unspecified atom stereocenters. The number of carboxylic acids is 1. The summed E-state index contributed by atoms with van der Waals surface area (Å²) in [6, 6.07) is 3.33. The van der Waals surface area contributed by atoms with Crippen molar-refractivity contribution in [2.45, 2.75) is 18.8 Å². The predicted molar refractivity (Wildman–Crippen MR) is 55.1 cm³/mol. The summed E-state index contributed by atoms with van der Waals surface area (Å²) < 4.78 is 5.30. The van der Waals surface area contributed by atoms with Crippen LogP contribution in [-0.2, 0) is 0 Å². The molecule has 2 heterocycles. The quantitative estimate of drug-likeness (QED) is 0.806. The SMILES string of the molecule is CN1CCC(c2ccc(C(=O)O)o2)CC1. The molecule has 4 nitrogen and oxygen atoms in total. The van der Waals surface area contributed by atoms with E-state index in [2.05, 4.69) is 11.9 Å². The summed E-state index contributed by atoms with van der Waals surface area (Å²) in [5, 5.41) is 8.74. The zero-order valence-electron chi connectivity index (χ0n) is 8.77. The van der Waals surface area contributed by atoms with E-state index in [0.717, 1.165) is 31.7 Å². The smallest absolute Gasteiger partial charge is 0.371 e. The first kappa shape index (κ1) is 10.2. The Kier molecular flexibility index (Phi) is 2.77. The van der Waals surface area contributed by atoms with Gasteiger partial charge in [-0.05, 0) is 45.1 Å². The topological polar surface area (TPSA) is 53.7 Å². The lowest BCUT2D eigenvalue weighted by Crippen LogP contribution is -2.29. The number of aromatic carboxylic acids is 1. The molecular formula is C11H15NO3. The van der Waals surface area contributed by atoms with Gasteiger partial charge in [0.15, 0.2) is 0 Å². The van der Waals surface area contributed by atoms with Crippen LogP contribution in [-0.4, -0.2) is 36.1 Å². The Labute approximate surface area is 88.5 Å². The van der Waals surface area contributed by atoms with Gasteiger partial charge in [-0.1, -0.05) is 0 Å². The van der Waals surface area contributed by atoms with Crippen molar-refractivity contribution in [1.82, 2.24) is 4.90 Å². The highest BCUT2D eigenvalue weighted by molar-refractivity contribution is 5.84. The number of carbonyl (C=O) groups is 1. The van der Waals surface area contributed by atoms with Crippen LogP contribution >= 0.6 is 0 Å². The summed E-state index contributed by atoms with van der Waals surface area (Å²) in [6.45, 7) is 2.10. The first-order chi connectivity index (χ1) is 7.16. The fraction of sp³-hybridized carbons (Fsp3) is 0.545. The second-order valence-corrected chi connectivity index (χ2v) is 4.08. The number of furan rings is 1. The van der Waals surface area contributed by atoms with Crippen LogP contribution in [0.3, 0.4) is 0 Å². The van der Waals surface area contributed by atoms with Gasteiger partial charge >= 0.3 is 5.97 Å². The fourth-order valence-electron chi connectivity index (χ4n) is 1.98. The van der Waals surface area contributed by atoms with Gasteiger partial charge in [0.2, 0.25) is 5.76 Å². The van der Waals surface area contributed by atoms with Crippen LogP contribution in [0.4, 0.5) is 0 Å². The van der Waals surface area contributed by atoms with Crippen LogP contribution in [0.5, 0.6) is 0 Å². The standard InChI is InChI=1S/C11H15NO3/c1-12-6-4-8(5-7-12)9-2-3-10(15-9)11(13)14/h2-3,8H,4-7H2,1H3,(H,13,14). The van der Waals surface area contributed by atoms with Crippen molar-refractivity contribution in [3.8, 4) is 0 Å². The minimum absolute atomic E-state index is 0.0453. The average molecular weight is 209 g/mol. The highest BCUT2D eigenvalue weighted by Gasteiger charge is 2.22. The number of rotatable bonds is 2. The Balaban J connectivity index is 2.06. The van der Waals surface area contributed by atoms with Crippen molar-refractivity contribution in [2.75, 3.05) is 20.1 Å². The van der Waals surface area contributed by atoms with Gasteiger partial charge in [-0.2, -0.15) is 0 Å². The molecule has 82 valence electrons. The molecule has 0 saturated carbocycles. The van der Waals surface area contributed by atoms with Gasteiger partial charge in [0.25, 0.3) is 0 Å². The molecule has 0 aliphatic carbocycles. The van der Waals surface area contributed by atoms with E-state index >= 15 is 0 Å². The van der Waals surface area contributed by atoms with E-state index < -0.39 is 5.97 Å². The van der Waals surface area contributed by atoms with Crippen LogP contribution in [0.1, 0.15) is 35.1 Å². The average Bonchev–Trinajstić information content (AvgIpc) is 2.68. The van der Waals surface area contributed by atoms with Crippen molar-refractivity contribution in [3.05, 3.63) is 23.7 Å². The predicted octanol–water partition coefficient (Wildman–Crippen LogP) is 1.79. The van der Waals surface area contributed by atoms with Gasteiger partial charge in [0.05, 0.1) is 0 Å². The minimum Gasteiger partial charge on any atom is -0.475 e. The molecular weight excluding hydrogens is 194 g/mol. The molecule has 0 atom stereocenters. The molecule has 1 aliphatic heterocycles. The number of piperidine rings is 1. The van der Waals surface area contributed by atoms with Gasteiger partial charge in [0.1, 0.15) is 5.76 Å². The van der Waals surface area contributed by atoms with Crippen LogP contribution in [0.25, 0.3) is 0 Å². The molecule has 0 amide bonds. The summed E-state index contributed by atoms with van der Waals surface area (Å²) >= 11 is 0. The van der Waals surface area contributed by atoms with E-state index in [0.29, 0.717) is 5.92 Å². The van der Waals surface area contributed by atoms with Crippen molar-refractivity contribution in [1.29, 1.82) is 0 Å². The zero-order valence-corrected chi connectivity index (χ0v) is 8.77. The van der Waals surface area contributed by atoms with Crippen LogP contribution in [0.15, 0.2) is 16.5 Å². The Hall–Kier alpha value is -1.29. The lowest BCUT2D eigenvalue weighted by atomic mass is 9.95. The second kappa shape index (κ2) is 4.06. The zero-order chi connectivity index (χ0) is 10.8. The first-order valence-corrected chi connectivity index (χ1v) is 5.18. The van der Waals surface area contributed by atoms with Crippen LogP contribution in [0.2, 0.25) is 0 Å². The number of carboxylic acid groups (broad SMARTS) is 1. The molecule has 4 heteroatoms. The van der Waals surface area contributed by atoms with Crippen molar-refractivity contribution >= 4 is 5.97 Å². The number of nitrogens with zero attached hydrogens (tertiary/aromatic N) is 1. The van der Waals surface area contributed by atoms with Gasteiger partial charge in [-0.3, -0.25) is 0 Å². The Morgan fingerprint density at radius 3 is 2.67 bits per heavy atom. The Bertz CT molecular complexity index is 350. The lowest BCUT2D eigenvalue weighted by molar-refractivity contribution is 0.0658. The number of hydrogen-bond donors (Lipinski definition) is 1. The summed E-state index contributed by atoms with van der Waals surface area (Å²) in [5.41, 5.74) is 0. The molecule has 0 aromatic carbocycles. The Morgan fingerprint density at radius 1 is 1.47 bits per heavy atom. The van der Waals surface area contributed by atoms with E-state index in [-0.39, 0.29) is 5.76 Å². The summed E-state index contributed by atoms with van der Waals surface area (Å²) in [4.78, 5) is 12.9. The Morgan fingerprint density at radius 2 is 2.13 bits per heavy atom. The maximum Gasteiger partial charge on any atom is 0.371 e. The number of likely N-dealkylation sites (tertiary alicyclic amines) is 1. The van der Waals surface area contributed by atoms with Gasteiger partial charge in [0, 0.05) is 5.92 Å². The fourth-order valence-corrected chi connectivity index (χ4v) is 1.98. The van der Waals surface area contributed by atoms with Crippen molar-refractivity contribution in [3.63, 3.8) is 0 Å². The largest absolute Gasteiger partial charge is 0.475 e. The van der Waals surface area contributed by atoms with Crippen molar-refractivity contribution in [2.24, 2.45) is 0 Å². The molecule has 2 rings (SSSR count). The summed E-state index contributed by atoms with van der Waals surface area (Å²) in [5.74, 6) is 0.257. The van der Waals surface area contributed by atoms with Gasteiger partial charge < -0.3 is 14.4 Å². The lowest BCUT2D eigenvalue weighted by Gasteiger charge is -2.27. The molecule has 1 fully saturated rings. The van der Waals surface area contributed by atoms with E-state index in [1.807, 2.05) is 0 Å². The van der Waals surface area contributed by atoms with Crippen LogP contribution in [0, 0.1) is 0 Å². The van der Waals surface area contributed by atoms with E-state index in [9.17, 15) is 4.79 Å². The third-order valence-corrected chi connectivity index (χ3v) is 2.96. The third-order valence-electron chi connectivity index (χ3n) is 2.96. The summed E-state index contributed by atoms with van der Waals surface area (Å²) in [6.07, 6.45) is 2.09. The maximum absolute atomic E-state index is 10.6. The second-order valence-electron chi connectivity index (χ2n) is 4.08. The monoisotopic (exact) mass is 209 g/mol. The molecule has 1 aromatic heterocycles. The van der Waals surface area contributed by atoms with Gasteiger partial charge in [-0.15, -0.1) is 0 Å². The highest BCUT2D eigenvalue weighted by Crippen LogP contribution is 2.28. The normalized spacial score (nSPS) is 19.3. The molecule has 1 aliphatic rings.